The minimum absolute atomic E-state index is 0.694. The molecule has 268 valence electrons. The fourth-order valence-corrected chi connectivity index (χ4v) is 5.79. The maximum absolute atomic E-state index is 12.0. The Bertz CT molecular complexity index is 995. The van der Waals surface area contributed by atoms with Gasteiger partial charge in [-0.05, 0) is 13.8 Å². The van der Waals surface area contributed by atoms with Crippen molar-refractivity contribution in [1.29, 1.82) is 0 Å². The van der Waals surface area contributed by atoms with Crippen molar-refractivity contribution in [3.63, 3.8) is 0 Å². The largest absolute Gasteiger partial charge is 0.394 e. The highest BCUT2D eigenvalue weighted by Crippen LogP contribution is 2.35. The first-order valence-corrected chi connectivity index (χ1v) is 14.8. The van der Waals surface area contributed by atoms with Gasteiger partial charge in [-0.3, -0.25) is 4.79 Å². The van der Waals surface area contributed by atoms with Gasteiger partial charge in [0, 0.05) is 6.92 Å². The van der Waals surface area contributed by atoms with Gasteiger partial charge in [-0.25, -0.2) is 0 Å². The molecule has 46 heavy (non-hydrogen) atoms. The van der Waals surface area contributed by atoms with Crippen LogP contribution in [-0.4, -0.2) is 198 Å². The summed E-state index contributed by atoms with van der Waals surface area (Å²) in [6.45, 7) is 2.22. The molecule has 4 heterocycles. The second kappa shape index (κ2) is 15.5. The third-order valence-corrected chi connectivity index (χ3v) is 8.53. The number of hydrogen-bond acceptors (Lipinski definition) is 19. The number of aliphatic hydroxyl groups is 11. The van der Waals surface area contributed by atoms with E-state index in [4.69, 9.17) is 33.2 Å². The van der Waals surface area contributed by atoms with E-state index >= 15 is 0 Å². The zero-order chi connectivity index (χ0) is 34.2. The van der Waals surface area contributed by atoms with Crippen molar-refractivity contribution in [2.45, 2.75) is 144 Å². The van der Waals surface area contributed by atoms with Gasteiger partial charge in [0.15, 0.2) is 25.2 Å². The quantitative estimate of drug-likeness (QED) is 0.108. The number of rotatable bonds is 9. The summed E-state index contributed by atoms with van der Waals surface area (Å²) in [6, 6.07) is -1.52. The molecule has 4 fully saturated rings. The second-order valence-corrected chi connectivity index (χ2v) is 11.8. The smallest absolute Gasteiger partial charge is 0.217 e. The summed E-state index contributed by atoms with van der Waals surface area (Å²) in [7, 11) is 0. The fourth-order valence-electron chi connectivity index (χ4n) is 5.79. The van der Waals surface area contributed by atoms with E-state index in [9.17, 15) is 61.0 Å². The third kappa shape index (κ3) is 7.64. The zero-order valence-corrected chi connectivity index (χ0v) is 25.1. The lowest BCUT2D eigenvalue weighted by atomic mass is 9.95. The van der Waals surface area contributed by atoms with E-state index in [0.717, 1.165) is 6.92 Å². The molecule has 4 rings (SSSR count). The fraction of sp³-hybridized carbons (Fsp3) is 0.962. The summed E-state index contributed by atoms with van der Waals surface area (Å²) in [5, 5.41) is 117. The van der Waals surface area contributed by atoms with Crippen molar-refractivity contribution in [2.24, 2.45) is 0 Å². The van der Waals surface area contributed by atoms with Crippen molar-refractivity contribution < 1.29 is 94.1 Å². The molecule has 0 spiro atoms. The molecule has 0 bridgehead atoms. The predicted molar refractivity (Wildman–Crippen MR) is 143 cm³/mol. The topological polar surface area (TPSA) is 316 Å². The molecule has 20 heteroatoms. The number of hydrogen-bond donors (Lipinski definition) is 12. The van der Waals surface area contributed by atoms with Crippen LogP contribution in [0.5, 0.6) is 0 Å². The molecular weight excluding hydrogens is 630 g/mol. The molecule has 4 aliphatic heterocycles. The zero-order valence-electron chi connectivity index (χ0n) is 25.1. The standard InChI is InChI=1S/C26H45NO19/c1-6-12(31)18(37)21(23(39)40-6)45-26-22(46-24-11(27-8(3)30)16(35)14(33)9(4-28)42-24)20(13(32)7(2)41-26)44-25-19(38)17(36)15(34)10(5-29)43-25/h6-7,9-26,28-29,31-39H,4-5H2,1-3H3,(H,27,30)/t6-,7-,9+,10+,11+,12-,13-,14+,15+,16+,17-,18+,19+,20+,21+,22+,23+,24-,25+,26-/m0/s1. The summed E-state index contributed by atoms with van der Waals surface area (Å²) < 4.78 is 39.8. The summed E-state index contributed by atoms with van der Waals surface area (Å²) in [4.78, 5) is 12.0. The highest BCUT2D eigenvalue weighted by Gasteiger charge is 2.56. The van der Waals surface area contributed by atoms with E-state index < -0.39 is 142 Å². The molecule has 20 nitrogen and oxygen atoms in total. The van der Waals surface area contributed by atoms with Gasteiger partial charge in [-0.15, -0.1) is 0 Å². The Balaban J connectivity index is 1.71. The number of nitrogens with one attached hydrogen (secondary N) is 1. The van der Waals surface area contributed by atoms with Crippen LogP contribution in [0.1, 0.15) is 20.8 Å². The first-order chi connectivity index (χ1) is 21.6. The van der Waals surface area contributed by atoms with Crippen LogP contribution in [0, 0.1) is 0 Å². The summed E-state index contributed by atoms with van der Waals surface area (Å²) in [5.74, 6) is -0.694. The molecule has 0 radical (unpaired) electrons. The van der Waals surface area contributed by atoms with Gasteiger partial charge >= 0.3 is 0 Å². The van der Waals surface area contributed by atoms with Crippen LogP contribution in [0.2, 0.25) is 0 Å². The van der Waals surface area contributed by atoms with Crippen LogP contribution in [0.4, 0.5) is 0 Å². The van der Waals surface area contributed by atoms with E-state index in [2.05, 4.69) is 5.32 Å². The van der Waals surface area contributed by atoms with Gasteiger partial charge in [-0.1, -0.05) is 0 Å². The number of ether oxygens (including phenoxy) is 7. The Hall–Kier alpha value is -1.25. The predicted octanol–water partition coefficient (Wildman–Crippen LogP) is -7.55. The number of amides is 1. The minimum Gasteiger partial charge on any atom is -0.394 e. The van der Waals surface area contributed by atoms with Gasteiger partial charge in [0.1, 0.15) is 85.4 Å². The van der Waals surface area contributed by atoms with Crippen molar-refractivity contribution in [3.05, 3.63) is 0 Å². The average molecular weight is 676 g/mol. The van der Waals surface area contributed by atoms with E-state index in [1.807, 2.05) is 0 Å². The van der Waals surface area contributed by atoms with Crippen LogP contribution in [-0.2, 0) is 38.0 Å². The third-order valence-electron chi connectivity index (χ3n) is 8.53. The molecule has 0 aliphatic carbocycles. The van der Waals surface area contributed by atoms with Gasteiger partial charge in [0.2, 0.25) is 5.91 Å². The number of carbonyl (C=O) groups is 1. The Morgan fingerprint density at radius 2 is 1.09 bits per heavy atom. The average Bonchev–Trinajstić information content (AvgIpc) is 3.01. The van der Waals surface area contributed by atoms with Gasteiger partial charge in [0.25, 0.3) is 0 Å². The van der Waals surface area contributed by atoms with Crippen LogP contribution < -0.4 is 5.32 Å². The van der Waals surface area contributed by atoms with Crippen LogP contribution in [0.3, 0.4) is 0 Å². The Morgan fingerprint density at radius 3 is 1.67 bits per heavy atom. The molecular formula is C26H45NO19. The van der Waals surface area contributed by atoms with Gasteiger partial charge in [0.05, 0.1) is 25.4 Å². The lowest BCUT2D eigenvalue weighted by Crippen LogP contribution is -2.69. The first-order valence-electron chi connectivity index (χ1n) is 14.8. The van der Waals surface area contributed by atoms with E-state index in [0.29, 0.717) is 0 Å². The monoisotopic (exact) mass is 675 g/mol. The minimum atomic E-state index is -1.94. The van der Waals surface area contributed by atoms with Gasteiger partial charge < -0.3 is 94.6 Å². The van der Waals surface area contributed by atoms with Crippen molar-refractivity contribution in [1.82, 2.24) is 5.32 Å². The first kappa shape index (κ1) is 37.6. The SMILES string of the molecule is CC(=O)N[C@H]1[C@H](O[C@H]2[C@H](O[C@@H]3[C@H](O)[C@@H](O)[C@H](C)O[C@H]3O)O[C@@H](C)[C@H](O)[C@H]2O[C@H]2O[C@H](CO)[C@@H](O)[C@H](O)[C@H]2O)O[C@H](CO)[C@@H](O)[C@@H]1O. The van der Waals surface area contributed by atoms with Crippen LogP contribution in [0.25, 0.3) is 0 Å². The lowest BCUT2D eigenvalue weighted by Gasteiger charge is -2.50. The maximum atomic E-state index is 12.0. The van der Waals surface area contributed by atoms with Crippen LogP contribution >= 0.6 is 0 Å². The summed E-state index contributed by atoms with van der Waals surface area (Å²) in [5.41, 5.74) is 0. The molecule has 4 saturated heterocycles. The Morgan fingerprint density at radius 1 is 0.565 bits per heavy atom. The van der Waals surface area contributed by atoms with E-state index in [1.54, 1.807) is 0 Å². The van der Waals surface area contributed by atoms with Crippen molar-refractivity contribution in [3.8, 4) is 0 Å². The lowest BCUT2D eigenvalue weighted by molar-refractivity contribution is -0.400. The Labute approximate surface area is 262 Å². The number of aliphatic hydroxyl groups excluding tert-OH is 11. The van der Waals surface area contributed by atoms with E-state index in [1.165, 1.54) is 13.8 Å². The molecule has 0 aromatic carbocycles. The van der Waals surface area contributed by atoms with Gasteiger partial charge in [-0.2, -0.15) is 0 Å². The number of carbonyl (C=O) groups excluding carboxylic acids is 1. The van der Waals surface area contributed by atoms with Crippen LogP contribution in [0.15, 0.2) is 0 Å². The molecule has 1 amide bonds. The second-order valence-electron chi connectivity index (χ2n) is 11.8. The summed E-state index contributed by atoms with van der Waals surface area (Å²) in [6.07, 6.45) is -31.4. The maximum Gasteiger partial charge on any atom is 0.217 e. The molecule has 20 atom stereocenters. The Kier molecular flexibility index (Phi) is 12.7. The summed E-state index contributed by atoms with van der Waals surface area (Å²) >= 11 is 0. The molecule has 0 unspecified atom stereocenters. The molecule has 4 aliphatic rings. The molecule has 0 aromatic heterocycles. The highest BCUT2D eigenvalue weighted by molar-refractivity contribution is 5.73. The van der Waals surface area contributed by atoms with E-state index in [-0.39, 0.29) is 0 Å². The molecule has 0 aromatic rings. The van der Waals surface area contributed by atoms with Crippen molar-refractivity contribution >= 4 is 5.91 Å². The molecule has 12 N–H and O–H groups in total. The normalized spacial score (nSPS) is 51.9. The van der Waals surface area contributed by atoms with Crippen molar-refractivity contribution in [2.75, 3.05) is 13.2 Å². The highest BCUT2D eigenvalue weighted by atomic mass is 16.8. The molecule has 0 saturated carbocycles.